The maximum atomic E-state index is 13.5. The maximum absolute atomic E-state index is 13.5. The first-order valence-corrected chi connectivity index (χ1v) is 14.3. The average Bonchev–Trinajstić information content (AvgIpc) is 3.64. The molecule has 0 saturated heterocycles. The number of imidazole rings is 1. The number of H-pyrrole nitrogens is 2. The first-order valence-electron chi connectivity index (χ1n) is 14.3. The zero-order valence-corrected chi connectivity index (χ0v) is 24.1. The van der Waals surface area contributed by atoms with Crippen molar-refractivity contribution in [3.63, 3.8) is 0 Å². The van der Waals surface area contributed by atoms with Gasteiger partial charge in [0.2, 0.25) is 17.7 Å². The van der Waals surface area contributed by atoms with Gasteiger partial charge in [0.15, 0.2) is 0 Å². The standard InChI is InChI=1S/C29H42N8O5/c1-3-17(2)25(37-26(38)21(31)9-6-7-11-30)28(40)35-23(13-19-15-32-16-34-19)27(39)36-24(29(41)42)12-18-14-33-22-10-5-4-8-20(18)22/h4-5,8,10,14-17,21,23-25,33H,3,6-7,9,11-13,30-31H2,1-2H3,(H,32,34)(H,35,40)(H,36,39)(H,37,38)(H,41,42). The molecular formula is C29H42N8O5. The van der Waals surface area contributed by atoms with Gasteiger partial charge in [-0.2, -0.15) is 0 Å². The van der Waals surface area contributed by atoms with Crippen molar-refractivity contribution in [2.45, 2.75) is 76.5 Å². The van der Waals surface area contributed by atoms with Crippen LogP contribution in [0.4, 0.5) is 0 Å². The molecule has 0 fully saturated rings. The molecule has 0 bridgehead atoms. The number of aliphatic carboxylic acids is 1. The van der Waals surface area contributed by atoms with Crippen LogP contribution in [0.25, 0.3) is 10.9 Å². The van der Waals surface area contributed by atoms with E-state index < -0.39 is 47.9 Å². The highest BCUT2D eigenvalue weighted by molar-refractivity contribution is 5.94. The number of unbranched alkanes of at least 4 members (excludes halogenated alkanes) is 1. The summed E-state index contributed by atoms with van der Waals surface area (Å²) in [5, 5.41) is 18.9. The van der Waals surface area contributed by atoms with Crippen LogP contribution in [0.1, 0.15) is 50.8 Å². The summed E-state index contributed by atoms with van der Waals surface area (Å²) < 4.78 is 0. The second kappa shape index (κ2) is 15.7. The zero-order valence-electron chi connectivity index (χ0n) is 24.1. The molecule has 42 heavy (non-hydrogen) atoms. The van der Waals surface area contributed by atoms with Gasteiger partial charge >= 0.3 is 5.97 Å². The Morgan fingerprint density at radius 1 is 0.976 bits per heavy atom. The largest absolute Gasteiger partial charge is 0.480 e. The molecule has 0 aliphatic carbocycles. The summed E-state index contributed by atoms with van der Waals surface area (Å²) in [4.78, 5) is 62.0. The van der Waals surface area contributed by atoms with Crippen molar-refractivity contribution in [3.05, 3.63) is 54.2 Å². The van der Waals surface area contributed by atoms with Crippen LogP contribution >= 0.6 is 0 Å². The van der Waals surface area contributed by atoms with Gasteiger partial charge in [0.05, 0.1) is 12.4 Å². The van der Waals surface area contributed by atoms with Crippen molar-refractivity contribution in [2.24, 2.45) is 17.4 Å². The molecule has 2 heterocycles. The van der Waals surface area contributed by atoms with Gasteiger partial charge in [-0.05, 0) is 36.9 Å². The summed E-state index contributed by atoms with van der Waals surface area (Å²) in [5.41, 5.74) is 13.7. The number of hydrogen-bond acceptors (Lipinski definition) is 7. The normalized spacial score (nSPS) is 14.9. The Kier molecular flexibility index (Phi) is 12.1. The Balaban J connectivity index is 1.76. The molecule has 228 valence electrons. The second-order valence-electron chi connectivity index (χ2n) is 10.6. The number of carbonyl (C=O) groups excluding carboxylic acids is 3. The molecule has 5 unspecified atom stereocenters. The number of hydrogen-bond donors (Lipinski definition) is 8. The van der Waals surface area contributed by atoms with Crippen LogP contribution in [0.3, 0.4) is 0 Å². The molecule has 3 rings (SSSR count). The quantitative estimate of drug-likeness (QED) is 0.106. The van der Waals surface area contributed by atoms with Crippen LogP contribution < -0.4 is 27.4 Å². The van der Waals surface area contributed by atoms with E-state index in [-0.39, 0.29) is 18.8 Å². The number of fused-ring (bicyclic) bond motifs is 1. The van der Waals surface area contributed by atoms with Crippen LogP contribution in [0.2, 0.25) is 0 Å². The number of aromatic amines is 2. The lowest BCUT2D eigenvalue weighted by Gasteiger charge is -2.28. The number of nitrogens with zero attached hydrogens (tertiary/aromatic N) is 1. The highest BCUT2D eigenvalue weighted by Crippen LogP contribution is 2.19. The number of carbonyl (C=O) groups is 4. The summed E-state index contributed by atoms with van der Waals surface area (Å²) in [6, 6.07) is 3.30. The van der Waals surface area contributed by atoms with Crippen LogP contribution in [0.5, 0.6) is 0 Å². The minimum Gasteiger partial charge on any atom is -0.480 e. The van der Waals surface area contributed by atoms with Crippen molar-refractivity contribution in [2.75, 3.05) is 6.54 Å². The van der Waals surface area contributed by atoms with Gasteiger partial charge in [-0.25, -0.2) is 9.78 Å². The van der Waals surface area contributed by atoms with Gasteiger partial charge in [0, 0.05) is 41.8 Å². The van der Waals surface area contributed by atoms with Gasteiger partial charge in [0.1, 0.15) is 18.1 Å². The fourth-order valence-corrected chi connectivity index (χ4v) is 4.68. The molecule has 3 aromatic rings. The molecule has 0 radical (unpaired) electrons. The lowest BCUT2D eigenvalue weighted by Crippen LogP contribution is -2.59. The lowest BCUT2D eigenvalue weighted by atomic mass is 9.96. The SMILES string of the molecule is CCC(C)C(NC(=O)C(N)CCCCN)C(=O)NC(Cc1cnc[nH]1)C(=O)NC(Cc1c[nH]c2ccccc12)C(=O)O. The molecule has 10 N–H and O–H groups in total. The minimum atomic E-state index is -1.26. The van der Waals surface area contributed by atoms with E-state index in [9.17, 15) is 24.3 Å². The first-order chi connectivity index (χ1) is 20.1. The molecular weight excluding hydrogens is 540 g/mol. The van der Waals surface area contributed by atoms with Gasteiger partial charge < -0.3 is 42.5 Å². The number of rotatable bonds is 17. The summed E-state index contributed by atoms with van der Waals surface area (Å²) in [7, 11) is 0. The molecule has 13 nitrogen and oxygen atoms in total. The van der Waals surface area contributed by atoms with Crippen molar-refractivity contribution < 1.29 is 24.3 Å². The number of aromatic nitrogens is 3. The van der Waals surface area contributed by atoms with Crippen molar-refractivity contribution in [1.29, 1.82) is 0 Å². The van der Waals surface area contributed by atoms with Crippen molar-refractivity contribution >= 4 is 34.6 Å². The topological polar surface area (TPSA) is 221 Å². The predicted octanol–water partition coefficient (Wildman–Crippen LogP) is 0.718. The highest BCUT2D eigenvalue weighted by Gasteiger charge is 2.33. The molecule has 0 aliphatic heterocycles. The van der Waals surface area contributed by atoms with Gasteiger partial charge in [-0.15, -0.1) is 0 Å². The molecule has 0 aliphatic rings. The van der Waals surface area contributed by atoms with E-state index in [1.54, 1.807) is 6.20 Å². The Morgan fingerprint density at radius 2 is 1.71 bits per heavy atom. The lowest BCUT2D eigenvalue weighted by molar-refractivity contribution is -0.142. The maximum Gasteiger partial charge on any atom is 0.326 e. The van der Waals surface area contributed by atoms with E-state index in [0.717, 1.165) is 22.9 Å². The number of nitrogens with one attached hydrogen (secondary N) is 5. The Hall–Kier alpha value is -4.23. The van der Waals surface area contributed by atoms with E-state index in [4.69, 9.17) is 11.5 Å². The number of amides is 3. The van der Waals surface area contributed by atoms with E-state index >= 15 is 0 Å². The van der Waals surface area contributed by atoms with Crippen molar-refractivity contribution in [1.82, 2.24) is 30.9 Å². The van der Waals surface area contributed by atoms with Crippen LogP contribution in [0.15, 0.2) is 43.0 Å². The number of carboxylic acids is 1. The van der Waals surface area contributed by atoms with E-state index in [1.807, 2.05) is 38.1 Å². The Bertz CT molecular complexity index is 1320. The van der Waals surface area contributed by atoms with Crippen LogP contribution in [0, 0.1) is 5.92 Å². The molecule has 13 heteroatoms. The summed E-state index contributed by atoms with van der Waals surface area (Å²) in [6.45, 7) is 4.20. The number of para-hydroxylation sites is 1. The van der Waals surface area contributed by atoms with Crippen LogP contribution in [-0.4, -0.2) is 74.5 Å². The average molecular weight is 583 g/mol. The summed E-state index contributed by atoms with van der Waals surface area (Å²) >= 11 is 0. The zero-order chi connectivity index (χ0) is 30.6. The Morgan fingerprint density at radius 3 is 2.38 bits per heavy atom. The monoisotopic (exact) mass is 582 g/mol. The second-order valence-corrected chi connectivity index (χ2v) is 10.6. The fourth-order valence-electron chi connectivity index (χ4n) is 4.68. The molecule has 2 aromatic heterocycles. The van der Waals surface area contributed by atoms with E-state index in [1.165, 1.54) is 12.5 Å². The number of benzene rings is 1. The van der Waals surface area contributed by atoms with Gasteiger partial charge in [-0.3, -0.25) is 14.4 Å². The minimum absolute atomic E-state index is 0.0246. The first kappa shape index (κ1) is 32.3. The third-order valence-corrected chi connectivity index (χ3v) is 7.42. The summed E-state index contributed by atoms with van der Waals surface area (Å²) in [5.74, 6) is -3.21. The fraction of sp³-hybridized carbons (Fsp3) is 0.483. The summed E-state index contributed by atoms with van der Waals surface area (Å²) in [6.07, 6.45) is 7.15. The smallest absolute Gasteiger partial charge is 0.326 e. The Labute approximate surface area is 244 Å². The predicted molar refractivity (Wildman–Crippen MR) is 158 cm³/mol. The third-order valence-electron chi connectivity index (χ3n) is 7.42. The molecule has 0 spiro atoms. The van der Waals surface area contributed by atoms with Gasteiger partial charge in [0.25, 0.3) is 0 Å². The number of nitrogens with two attached hydrogens (primary N) is 2. The highest BCUT2D eigenvalue weighted by atomic mass is 16.4. The molecule has 3 amide bonds. The molecule has 1 aromatic carbocycles. The molecule has 5 atom stereocenters. The van der Waals surface area contributed by atoms with Crippen LogP contribution in [-0.2, 0) is 32.0 Å². The third kappa shape index (κ3) is 8.88. The molecule has 0 saturated carbocycles. The van der Waals surface area contributed by atoms with E-state index in [0.29, 0.717) is 31.5 Å². The van der Waals surface area contributed by atoms with Crippen molar-refractivity contribution in [3.8, 4) is 0 Å². The number of carboxylic acid groups (broad SMARTS) is 1. The van der Waals surface area contributed by atoms with E-state index in [2.05, 4.69) is 30.9 Å². The van der Waals surface area contributed by atoms with Gasteiger partial charge in [-0.1, -0.05) is 44.9 Å².